The number of hydrogen-bond acceptors (Lipinski definition) is 5. The molecule has 0 saturated carbocycles. The van der Waals surface area contributed by atoms with Gasteiger partial charge in [-0.15, -0.1) is 0 Å². The van der Waals surface area contributed by atoms with Crippen LogP contribution in [0, 0.1) is 0 Å². The number of rotatable bonds is 8. The van der Waals surface area contributed by atoms with Crippen LogP contribution in [0.1, 0.15) is 22.3 Å². The van der Waals surface area contributed by atoms with E-state index >= 15 is 0 Å². The normalized spacial score (nSPS) is 10.8. The minimum absolute atomic E-state index is 0.0481. The number of aromatic hydroxyl groups is 4. The Morgan fingerprint density at radius 1 is 0.545 bits per heavy atom. The zero-order valence-corrected chi connectivity index (χ0v) is 18.1. The Balaban J connectivity index is 1.38. The van der Waals surface area contributed by atoms with Gasteiger partial charge >= 0.3 is 0 Å². The van der Waals surface area contributed by atoms with E-state index in [9.17, 15) is 20.4 Å². The van der Waals surface area contributed by atoms with Crippen LogP contribution in [0.3, 0.4) is 0 Å². The van der Waals surface area contributed by atoms with Crippen molar-refractivity contribution in [1.29, 1.82) is 0 Å². The Bertz CT molecular complexity index is 1230. The molecular weight excluding hydrogens is 416 g/mol. The Morgan fingerprint density at radius 3 is 2.00 bits per heavy atom. The van der Waals surface area contributed by atoms with Gasteiger partial charge in [0.25, 0.3) is 0 Å². The molecule has 4 N–H and O–H groups in total. The molecule has 0 aliphatic carbocycles. The molecule has 0 radical (unpaired) electrons. The number of phenols is 4. The molecule has 0 aromatic heterocycles. The molecule has 0 saturated heterocycles. The number of hydrogen-bond donors (Lipinski definition) is 4. The van der Waals surface area contributed by atoms with Gasteiger partial charge in [0.15, 0.2) is 23.0 Å². The maximum absolute atomic E-state index is 10.2. The molecule has 168 valence electrons. The Labute approximate surface area is 192 Å². The maximum Gasteiger partial charge on any atom is 0.169 e. The van der Waals surface area contributed by atoms with Crippen LogP contribution >= 0.6 is 0 Å². The zero-order chi connectivity index (χ0) is 23.2. The summed E-state index contributed by atoms with van der Waals surface area (Å²) in [6.07, 6.45) is 2.82. The van der Waals surface area contributed by atoms with Crippen LogP contribution in [0.4, 0.5) is 0 Å². The number of para-hydroxylation sites is 1. The summed E-state index contributed by atoms with van der Waals surface area (Å²) in [5.41, 5.74) is 3.82. The lowest BCUT2D eigenvalue weighted by Crippen LogP contribution is -1.94. The molecule has 33 heavy (non-hydrogen) atoms. The molecule has 0 heterocycles. The highest BCUT2D eigenvalue weighted by Crippen LogP contribution is 2.33. The third kappa shape index (κ3) is 5.77. The summed E-state index contributed by atoms with van der Waals surface area (Å²) < 4.78 is 5.91. The molecule has 0 aliphatic rings. The van der Waals surface area contributed by atoms with Crippen molar-refractivity contribution in [3.05, 3.63) is 107 Å². The molecule has 0 unspecified atom stereocenters. The lowest BCUT2D eigenvalue weighted by Gasteiger charge is -2.11. The van der Waals surface area contributed by atoms with Crippen molar-refractivity contribution in [2.75, 3.05) is 0 Å². The summed E-state index contributed by atoms with van der Waals surface area (Å²) >= 11 is 0. The first-order valence-electron chi connectivity index (χ1n) is 10.8. The van der Waals surface area contributed by atoms with Crippen LogP contribution in [-0.4, -0.2) is 20.4 Å². The van der Waals surface area contributed by atoms with Gasteiger partial charge in [-0.2, -0.15) is 0 Å². The first-order chi connectivity index (χ1) is 16.0. The van der Waals surface area contributed by atoms with Crippen molar-refractivity contribution in [2.24, 2.45) is 0 Å². The predicted octanol–water partition coefficient (Wildman–Crippen LogP) is 5.87. The van der Waals surface area contributed by atoms with Crippen LogP contribution in [0.25, 0.3) is 0 Å². The van der Waals surface area contributed by atoms with Gasteiger partial charge < -0.3 is 25.2 Å². The van der Waals surface area contributed by atoms with Crippen molar-refractivity contribution in [1.82, 2.24) is 0 Å². The van der Waals surface area contributed by atoms with Crippen LogP contribution in [0.15, 0.2) is 84.9 Å². The van der Waals surface area contributed by atoms with Gasteiger partial charge in [-0.05, 0) is 90.4 Å². The highest BCUT2D eigenvalue weighted by Gasteiger charge is 2.09. The van der Waals surface area contributed by atoms with E-state index in [1.54, 1.807) is 36.4 Å². The molecule has 0 bridgehead atoms. The van der Waals surface area contributed by atoms with Crippen LogP contribution in [-0.2, 0) is 25.7 Å². The second-order valence-corrected chi connectivity index (χ2v) is 8.00. The average molecular weight is 443 g/mol. The third-order valence-corrected chi connectivity index (χ3v) is 5.57. The van der Waals surface area contributed by atoms with Crippen molar-refractivity contribution in [2.45, 2.75) is 25.7 Å². The standard InChI is InChI=1S/C28H26O5/c29-23-5-1-3-20(17-23)8-7-19-10-14-24(15-11-19)33-27-18-21(12-16-25(27)30)9-13-22-4-2-6-26(31)28(22)32/h1-6,10-12,14-18,29-32H,7-9,13H2. The molecule has 0 spiro atoms. The SMILES string of the molecule is Oc1cccc(CCc2ccc(Oc3cc(CCc4cccc(O)c4O)ccc3O)cc2)c1. The fraction of sp³-hybridized carbons (Fsp3) is 0.143. The van der Waals surface area contributed by atoms with E-state index in [0.717, 1.165) is 29.5 Å². The van der Waals surface area contributed by atoms with E-state index in [4.69, 9.17) is 4.74 Å². The molecule has 0 atom stereocenters. The number of benzene rings is 4. The topological polar surface area (TPSA) is 90.2 Å². The van der Waals surface area contributed by atoms with E-state index in [1.807, 2.05) is 42.5 Å². The van der Waals surface area contributed by atoms with Gasteiger partial charge in [-0.3, -0.25) is 0 Å². The summed E-state index contributed by atoms with van der Waals surface area (Å²) in [6, 6.07) is 25.1. The van der Waals surface area contributed by atoms with Crippen molar-refractivity contribution < 1.29 is 25.2 Å². The third-order valence-electron chi connectivity index (χ3n) is 5.57. The highest BCUT2D eigenvalue weighted by atomic mass is 16.5. The first-order valence-corrected chi connectivity index (χ1v) is 10.8. The molecule has 5 nitrogen and oxygen atoms in total. The summed E-state index contributed by atoms with van der Waals surface area (Å²) in [5, 5.41) is 39.4. The number of ether oxygens (including phenoxy) is 1. The largest absolute Gasteiger partial charge is 0.508 e. The lowest BCUT2D eigenvalue weighted by atomic mass is 10.0. The molecule has 5 heteroatoms. The number of phenolic OH excluding ortho intramolecular Hbond substituents is 4. The van der Waals surface area contributed by atoms with Gasteiger partial charge in [-0.1, -0.05) is 42.5 Å². The Hall–Kier alpha value is -4.12. The minimum Gasteiger partial charge on any atom is -0.508 e. The first kappa shape index (κ1) is 22.1. The van der Waals surface area contributed by atoms with E-state index in [0.29, 0.717) is 29.9 Å². The summed E-state index contributed by atoms with van der Waals surface area (Å²) in [5.74, 6) is 1.07. The summed E-state index contributed by atoms with van der Waals surface area (Å²) in [4.78, 5) is 0. The van der Waals surface area contributed by atoms with E-state index in [2.05, 4.69) is 0 Å². The molecular formula is C28H26O5. The second-order valence-electron chi connectivity index (χ2n) is 8.00. The van der Waals surface area contributed by atoms with Gasteiger partial charge in [-0.25, -0.2) is 0 Å². The van der Waals surface area contributed by atoms with Crippen LogP contribution in [0.5, 0.6) is 34.5 Å². The van der Waals surface area contributed by atoms with Crippen molar-refractivity contribution in [3.8, 4) is 34.5 Å². The fourth-order valence-electron chi connectivity index (χ4n) is 3.71. The van der Waals surface area contributed by atoms with Crippen molar-refractivity contribution in [3.63, 3.8) is 0 Å². The van der Waals surface area contributed by atoms with Gasteiger partial charge in [0.1, 0.15) is 11.5 Å². The molecule has 0 fully saturated rings. The molecule has 4 rings (SSSR count). The van der Waals surface area contributed by atoms with Gasteiger partial charge in [0.05, 0.1) is 0 Å². The average Bonchev–Trinajstić information content (AvgIpc) is 2.81. The smallest absolute Gasteiger partial charge is 0.169 e. The monoisotopic (exact) mass is 442 g/mol. The predicted molar refractivity (Wildman–Crippen MR) is 127 cm³/mol. The second kappa shape index (κ2) is 10.0. The van der Waals surface area contributed by atoms with Crippen molar-refractivity contribution >= 4 is 0 Å². The highest BCUT2D eigenvalue weighted by molar-refractivity contribution is 5.47. The van der Waals surface area contributed by atoms with E-state index in [-0.39, 0.29) is 23.0 Å². The summed E-state index contributed by atoms with van der Waals surface area (Å²) in [6.45, 7) is 0. The van der Waals surface area contributed by atoms with Crippen LogP contribution in [0.2, 0.25) is 0 Å². The molecule has 0 aliphatic heterocycles. The fourth-order valence-corrected chi connectivity index (χ4v) is 3.71. The quantitative estimate of drug-likeness (QED) is 0.256. The Kier molecular flexibility index (Phi) is 6.69. The Morgan fingerprint density at radius 2 is 1.21 bits per heavy atom. The van der Waals surface area contributed by atoms with Gasteiger partial charge in [0, 0.05) is 0 Å². The summed E-state index contributed by atoms with van der Waals surface area (Å²) in [7, 11) is 0. The minimum atomic E-state index is -0.132. The zero-order valence-electron chi connectivity index (χ0n) is 18.1. The molecule has 4 aromatic rings. The maximum atomic E-state index is 10.2. The van der Waals surface area contributed by atoms with E-state index in [1.165, 1.54) is 6.07 Å². The molecule has 0 amide bonds. The van der Waals surface area contributed by atoms with Gasteiger partial charge in [0.2, 0.25) is 0 Å². The van der Waals surface area contributed by atoms with E-state index < -0.39 is 0 Å². The lowest BCUT2D eigenvalue weighted by molar-refractivity contribution is 0.399. The molecule has 4 aromatic carbocycles. The van der Waals surface area contributed by atoms with Crippen LogP contribution < -0.4 is 4.74 Å². The number of aryl methyl sites for hydroxylation is 4.